The first-order valence-electron chi connectivity index (χ1n) is 11.6. The average Bonchev–Trinajstić information content (AvgIpc) is 3.12. The molecule has 2 aromatic carbocycles. The number of alkyl carbamates (subject to hydrolysis) is 1. The molecule has 8 heteroatoms. The van der Waals surface area contributed by atoms with E-state index < -0.39 is 18.1 Å². The van der Waals surface area contributed by atoms with Crippen LogP contribution in [0.3, 0.4) is 0 Å². The highest BCUT2D eigenvalue weighted by Crippen LogP contribution is 2.44. The third-order valence-electron chi connectivity index (χ3n) is 6.62. The zero-order chi connectivity index (χ0) is 24.1. The van der Waals surface area contributed by atoms with Gasteiger partial charge in [0.2, 0.25) is 5.91 Å². The number of carbonyl (C=O) groups excluding carboxylic acids is 2. The van der Waals surface area contributed by atoms with Crippen LogP contribution in [0.1, 0.15) is 42.7 Å². The van der Waals surface area contributed by atoms with Crippen LogP contribution < -0.4 is 10.6 Å². The number of carboxylic acids is 1. The predicted octanol–water partition coefficient (Wildman–Crippen LogP) is 4.02. The Bertz CT molecular complexity index is 1010. The number of ether oxygens (including phenoxy) is 1. The Morgan fingerprint density at radius 3 is 2.26 bits per heavy atom. The van der Waals surface area contributed by atoms with Crippen LogP contribution in [0.2, 0.25) is 0 Å². The standard InChI is InChI=1S/C26H30N2O5S/c1-34-11-10-23(25(30)31)28-24(29)14-16-12-17(13-16)27-26(32)33-15-22-20-8-4-2-6-18(20)19-7-3-5-9-21(19)22/h2-9,16-17,22-23H,10-15H2,1H3,(H,27,32)(H,28,29)(H,30,31)/t16?,17?,23-/m1/s1. The first-order chi connectivity index (χ1) is 16.5. The molecule has 0 aliphatic heterocycles. The molecule has 4 rings (SSSR count). The van der Waals surface area contributed by atoms with Gasteiger partial charge >= 0.3 is 12.1 Å². The van der Waals surface area contributed by atoms with Gasteiger partial charge in [-0.15, -0.1) is 0 Å². The summed E-state index contributed by atoms with van der Waals surface area (Å²) in [6.45, 7) is 0.269. The van der Waals surface area contributed by atoms with Crippen LogP contribution in [0.4, 0.5) is 4.79 Å². The molecule has 3 N–H and O–H groups in total. The van der Waals surface area contributed by atoms with Crippen LogP contribution in [0.15, 0.2) is 48.5 Å². The van der Waals surface area contributed by atoms with Crippen molar-refractivity contribution in [3.05, 3.63) is 59.7 Å². The molecule has 7 nitrogen and oxygen atoms in total. The molecular weight excluding hydrogens is 452 g/mol. The Labute approximate surface area is 203 Å². The van der Waals surface area contributed by atoms with Crippen LogP contribution in [-0.4, -0.2) is 53.8 Å². The molecule has 1 saturated carbocycles. The Balaban J connectivity index is 1.20. The van der Waals surface area contributed by atoms with E-state index in [1.165, 1.54) is 22.3 Å². The third kappa shape index (κ3) is 5.55. The van der Waals surface area contributed by atoms with Crippen molar-refractivity contribution in [3.63, 3.8) is 0 Å². The van der Waals surface area contributed by atoms with Gasteiger partial charge in [-0.25, -0.2) is 9.59 Å². The average molecular weight is 483 g/mol. The van der Waals surface area contributed by atoms with Crippen molar-refractivity contribution < 1.29 is 24.2 Å². The SMILES string of the molecule is CSCC[C@@H](NC(=O)CC1CC(NC(=O)OCC2c3ccccc3-c3ccccc32)C1)C(=O)O. The van der Waals surface area contributed by atoms with Crippen LogP contribution in [-0.2, 0) is 14.3 Å². The molecule has 0 radical (unpaired) electrons. The smallest absolute Gasteiger partial charge is 0.407 e. The molecule has 0 unspecified atom stereocenters. The lowest BCUT2D eigenvalue weighted by molar-refractivity contribution is -0.142. The molecule has 0 spiro atoms. The molecule has 2 aliphatic rings. The second-order valence-electron chi connectivity index (χ2n) is 8.95. The number of aliphatic carboxylic acids is 1. The van der Waals surface area contributed by atoms with Gasteiger partial charge in [-0.05, 0) is 59.4 Å². The summed E-state index contributed by atoms with van der Waals surface area (Å²) in [5.74, 6) is -0.436. The molecular formula is C26H30N2O5S. The highest BCUT2D eigenvalue weighted by atomic mass is 32.2. The van der Waals surface area contributed by atoms with E-state index in [-0.39, 0.29) is 36.8 Å². The summed E-state index contributed by atoms with van der Waals surface area (Å²) in [7, 11) is 0. The minimum absolute atomic E-state index is 0.0178. The first-order valence-corrected chi connectivity index (χ1v) is 13.0. The largest absolute Gasteiger partial charge is 0.480 e. The number of benzene rings is 2. The maximum Gasteiger partial charge on any atom is 0.407 e. The van der Waals surface area contributed by atoms with Crippen molar-refractivity contribution in [2.75, 3.05) is 18.6 Å². The fraction of sp³-hybridized carbons (Fsp3) is 0.423. The monoisotopic (exact) mass is 482 g/mol. The molecule has 1 fully saturated rings. The lowest BCUT2D eigenvalue weighted by Gasteiger charge is -2.35. The quantitative estimate of drug-likeness (QED) is 0.473. The van der Waals surface area contributed by atoms with Gasteiger partial charge in [0, 0.05) is 18.4 Å². The molecule has 2 aliphatic carbocycles. The number of fused-ring (bicyclic) bond motifs is 3. The Kier molecular flexibility index (Phi) is 7.77. The van der Waals surface area contributed by atoms with E-state index in [9.17, 15) is 19.5 Å². The first kappa shape index (κ1) is 24.1. The minimum atomic E-state index is -1.01. The lowest BCUT2D eigenvalue weighted by atomic mass is 9.78. The Morgan fingerprint density at radius 1 is 1.06 bits per heavy atom. The van der Waals surface area contributed by atoms with Gasteiger partial charge in [0.25, 0.3) is 0 Å². The zero-order valence-electron chi connectivity index (χ0n) is 19.2. The van der Waals surface area contributed by atoms with Crippen molar-refractivity contribution in [2.45, 2.75) is 43.7 Å². The van der Waals surface area contributed by atoms with Gasteiger partial charge < -0.3 is 20.5 Å². The van der Waals surface area contributed by atoms with E-state index in [4.69, 9.17) is 4.74 Å². The zero-order valence-corrected chi connectivity index (χ0v) is 20.0. The molecule has 1 atom stereocenters. The Morgan fingerprint density at radius 2 is 1.68 bits per heavy atom. The topological polar surface area (TPSA) is 105 Å². The second kappa shape index (κ2) is 11.0. The lowest BCUT2D eigenvalue weighted by Crippen LogP contribution is -2.47. The number of hydrogen-bond donors (Lipinski definition) is 3. The fourth-order valence-corrected chi connectivity index (χ4v) is 5.31. The normalized spacial score (nSPS) is 19.3. The molecule has 0 aromatic heterocycles. The van der Waals surface area contributed by atoms with Gasteiger partial charge in [0.15, 0.2) is 0 Å². The summed E-state index contributed by atoms with van der Waals surface area (Å²) in [5.41, 5.74) is 4.71. The second-order valence-corrected chi connectivity index (χ2v) is 9.93. The van der Waals surface area contributed by atoms with E-state index in [0.717, 1.165) is 0 Å². The van der Waals surface area contributed by atoms with E-state index in [1.807, 2.05) is 30.5 Å². The molecule has 2 amide bonds. The van der Waals surface area contributed by atoms with Gasteiger partial charge in [0.1, 0.15) is 12.6 Å². The molecule has 2 aromatic rings. The van der Waals surface area contributed by atoms with Crippen molar-refractivity contribution in [1.82, 2.24) is 10.6 Å². The molecule has 0 bridgehead atoms. The van der Waals surface area contributed by atoms with Gasteiger partial charge in [-0.3, -0.25) is 4.79 Å². The summed E-state index contributed by atoms with van der Waals surface area (Å²) in [5, 5.41) is 14.7. The minimum Gasteiger partial charge on any atom is -0.480 e. The number of carbonyl (C=O) groups is 3. The summed E-state index contributed by atoms with van der Waals surface area (Å²) < 4.78 is 5.58. The van der Waals surface area contributed by atoms with E-state index >= 15 is 0 Å². The van der Waals surface area contributed by atoms with Crippen LogP contribution in [0, 0.1) is 5.92 Å². The maximum atomic E-state index is 12.4. The summed E-state index contributed by atoms with van der Waals surface area (Å²) >= 11 is 1.55. The number of carboxylic acid groups (broad SMARTS) is 1. The summed E-state index contributed by atoms with van der Waals surface area (Å²) in [6.07, 6.45) is 3.49. The van der Waals surface area contributed by atoms with Crippen molar-refractivity contribution in [3.8, 4) is 11.1 Å². The number of nitrogens with one attached hydrogen (secondary N) is 2. The number of hydrogen-bond acceptors (Lipinski definition) is 5. The van der Waals surface area contributed by atoms with Crippen LogP contribution >= 0.6 is 11.8 Å². The highest BCUT2D eigenvalue weighted by Gasteiger charge is 2.34. The molecule has 180 valence electrons. The summed E-state index contributed by atoms with van der Waals surface area (Å²) in [4.78, 5) is 35.9. The van der Waals surface area contributed by atoms with Gasteiger partial charge in [0.05, 0.1) is 0 Å². The fourth-order valence-electron chi connectivity index (χ4n) is 4.84. The van der Waals surface area contributed by atoms with Crippen molar-refractivity contribution in [1.29, 1.82) is 0 Å². The molecule has 34 heavy (non-hydrogen) atoms. The Hall–Kier alpha value is -3.00. The molecule has 0 saturated heterocycles. The van der Waals surface area contributed by atoms with E-state index in [0.29, 0.717) is 25.0 Å². The van der Waals surface area contributed by atoms with Crippen LogP contribution in [0.25, 0.3) is 11.1 Å². The van der Waals surface area contributed by atoms with Crippen LogP contribution in [0.5, 0.6) is 0 Å². The van der Waals surface area contributed by atoms with E-state index in [2.05, 4.69) is 34.9 Å². The van der Waals surface area contributed by atoms with Crippen molar-refractivity contribution >= 4 is 29.7 Å². The van der Waals surface area contributed by atoms with Gasteiger partial charge in [-0.1, -0.05) is 48.5 Å². The number of amides is 2. The van der Waals surface area contributed by atoms with Gasteiger partial charge in [-0.2, -0.15) is 11.8 Å². The highest BCUT2D eigenvalue weighted by molar-refractivity contribution is 7.98. The summed E-state index contributed by atoms with van der Waals surface area (Å²) in [6, 6.07) is 15.5. The number of rotatable bonds is 10. The van der Waals surface area contributed by atoms with E-state index in [1.54, 1.807) is 11.8 Å². The third-order valence-corrected chi connectivity index (χ3v) is 7.26. The maximum absolute atomic E-state index is 12.4. The van der Waals surface area contributed by atoms with Crippen molar-refractivity contribution in [2.24, 2.45) is 5.92 Å². The number of thioether (sulfide) groups is 1. The predicted molar refractivity (Wildman–Crippen MR) is 132 cm³/mol. The molecule has 0 heterocycles.